The molecule has 0 radical (unpaired) electrons. The Morgan fingerprint density at radius 1 is 0.471 bits per heavy atom. The molecule has 0 atom stereocenters. The van der Waals surface area contributed by atoms with Crippen LogP contribution in [0.15, 0.2) is 24.3 Å². The molecule has 2 nitrogen and oxygen atoms in total. The van der Waals surface area contributed by atoms with Gasteiger partial charge in [0.05, 0.1) is 0 Å². The van der Waals surface area contributed by atoms with Gasteiger partial charge in [-0.1, -0.05) is 118 Å². The van der Waals surface area contributed by atoms with Gasteiger partial charge in [-0.15, -0.1) is 0 Å². The van der Waals surface area contributed by atoms with Crippen LogP contribution in [0, 0.1) is 13.8 Å². The van der Waals surface area contributed by atoms with Crippen LogP contribution in [0.1, 0.15) is 116 Å². The summed E-state index contributed by atoms with van der Waals surface area (Å²) in [5.74, 6) is 1.92. The fraction of sp³-hybridized carbons (Fsp3) is 0.613. The summed E-state index contributed by atoms with van der Waals surface area (Å²) in [4.78, 5) is 0. The zero-order valence-corrected chi connectivity index (χ0v) is 23.8. The fourth-order valence-corrected chi connectivity index (χ4v) is 4.23. The Balaban J connectivity index is 0.00000578. The lowest BCUT2D eigenvalue weighted by atomic mass is 9.78. The number of hydrogen-bond donors (Lipinski definition) is 0. The molecular formula is C31H51AlO2. The van der Waals surface area contributed by atoms with E-state index in [1.165, 1.54) is 33.4 Å². The summed E-state index contributed by atoms with van der Waals surface area (Å²) in [6, 6.07) is 9.05. The van der Waals surface area contributed by atoms with Crippen LogP contribution in [-0.2, 0) is 21.7 Å². The Bertz CT molecular complexity index is 839. The normalized spacial score (nSPS) is 12.9. The second-order valence-corrected chi connectivity index (χ2v) is 13.8. The van der Waals surface area contributed by atoms with E-state index in [2.05, 4.69) is 121 Å². The first-order valence-corrected chi connectivity index (χ1v) is 12.3. The third kappa shape index (κ3) is 7.29. The molecule has 0 saturated carbocycles. The Morgan fingerprint density at radius 2 is 0.676 bits per heavy atom. The van der Waals surface area contributed by atoms with Gasteiger partial charge < -0.3 is 9.47 Å². The zero-order valence-electron chi connectivity index (χ0n) is 23.8. The zero-order chi connectivity index (χ0) is 25.6. The van der Waals surface area contributed by atoms with Crippen molar-refractivity contribution in [2.24, 2.45) is 0 Å². The average Bonchev–Trinajstić information content (AvgIpc) is 2.59. The second kappa shape index (κ2) is 10.3. The summed E-state index contributed by atoms with van der Waals surface area (Å²) in [5.41, 5.74) is 7.33. The third-order valence-electron chi connectivity index (χ3n) is 6.11. The molecule has 0 heterocycles. The van der Waals surface area contributed by atoms with Crippen molar-refractivity contribution < 1.29 is 9.47 Å². The highest BCUT2D eigenvalue weighted by Crippen LogP contribution is 2.43. The first-order chi connectivity index (χ1) is 14.7. The lowest BCUT2D eigenvalue weighted by molar-refractivity contribution is 0.111. The standard InChI is InChI=1S/C31H48O2.Al.3H/c1-20-15-22(28(3,4)5)26(23(16-20)29(6,7)8)32-19-33-27-24(30(9,10)11)17-21(2)18-25(27)31(12,13)14;;;;/h15-18H,19H2,1-14H3;;;;. The predicted octanol–water partition coefficient (Wildman–Crippen LogP) is 7.72. The second-order valence-electron chi connectivity index (χ2n) is 13.8. The molecular weight excluding hydrogens is 431 g/mol. The summed E-state index contributed by atoms with van der Waals surface area (Å²) in [6.07, 6.45) is 0. The van der Waals surface area contributed by atoms with Gasteiger partial charge >= 0.3 is 0 Å². The van der Waals surface area contributed by atoms with Crippen LogP contribution in [0.2, 0.25) is 0 Å². The molecule has 2 aromatic rings. The Labute approximate surface area is 221 Å². The van der Waals surface area contributed by atoms with Crippen LogP contribution in [0.5, 0.6) is 11.5 Å². The van der Waals surface area contributed by atoms with E-state index in [0.717, 1.165) is 11.5 Å². The Hall–Kier alpha value is -1.43. The molecule has 0 aliphatic carbocycles. The van der Waals surface area contributed by atoms with Crippen molar-refractivity contribution in [3.8, 4) is 11.5 Å². The maximum Gasteiger partial charge on any atom is 0.230 e. The molecule has 0 bridgehead atoms. The van der Waals surface area contributed by atoms with E-state index in [-0.39, 0.29) is 45.8 Å². The minimum absolute atomic E-state index is 0. The summed E-state index contributed by atoms with van der Waals surface area (Å²) < 4.78 is 13.0. The van der Waals surface area contributed by atoms with E-state index in [4.69, 9.17) is 9.47 Å². The fourth-order valence-electron chi connectivity index (χ4n) is 4.23. The molecule has 34 heavy (non-hydrogen) atoms. The highest BCUT2D eigenvalue weighted by molar-refractivity contribution is 5.75. The molecule has 3 heteroatoms. The third-order valence-corrected chi connectivity index (χ3v) is 6.11. The minimum atomic E-state index is -0.0294. The van der Waals surface area contributed by atoms with Crippen LogP contribution in [0.25, 0.3) is 0 Å². The minimum Gasteiger partial charge on any atom is -0.457 e. The van der Waals surface area contributed by atoms with Crippen LogP contribution in [-0.4, -0.2) is 24.2 Å². The van der Waals surface area contributed by atoms with Crippen LogP contribution < -0.4 is 9.47 Å². The van der Waals surface area contributed by atoms with E-state index in [1.807, 2.05) is 0 Å². The van der Waals surface area contributed by atoms with Gasteiger partial charge in [-0.05, 0) is 35.5 Å². The predicted molar refractivity (Wildman–Crippen MR) is 153 cm³/mol. The number of hydrogen-bond acceptors (Lipinski definition) is 2. The van der Waals surface area contributed by atoms with Gasteiger partial charge in [-0.3, -0.25) is 0 Å². The molecule has 0 amide bonds. The number of rotatable bonds is 4. The molecule has 190 valence electrons. The summed E-state index contributed by atoms with van der Waals surface area (Å²) >= 11 is 0. The molecule has 0 aliphatic rings. The first kappa shape index (κ1) is 30.6. The summed E-state index contributed by atoms with van der Waals surface area (Å²) in [6.45, 7) is 31.5. The van der Waals surface area contributed by atoms with Crippen molar-refractivity contribution in [2.75, 3.05) is 6.79 Å². The molecule has 0 aliphatic heterocycles. The first-order valence-electron chi connectivity index (χ1n) is 12.3. The van der Waals surface area contributed by atoms with E-state index < -0.39 is 0 Å². The van der Waals surface area contributed by atoms with E-state index in [1.54, 1.807) is 0 Å². The van der Waals surface area contributed by atoms with Gasteiger partial charge in [-0.25, -0.2) is 0 Å². The molecule has 0 fully saturated rings. The van der Waals surface area contributed by atoms with Crippen molar-refractivity contribution >= 4 is 17.4 Å². The van der Waals surface area contributed by atoms with E-state index >= 15 is 0 Å². The van der Waals surface area contributed by atoms with Crippen molar-refractivity contribution in [2.45, 2.75) is 119 Å². The maximum atomic E-state index is 6.52. The molecule has 0 spiro atoms. The van der Waals surface area contributed by atoms with Gasteiger partial charge in [0.2, 0.25) is 6.79 Å². The van der Waals surface area contributed by atoms with Gasteiger partial charge in [0, 0.05) is 22.3 Å². The number of benzene rings is 2. The highest BCUT2D eigenvalue weighted by atomic mass is 27.0. The largest absolute Gasteiger partial charge is 0.457 e. The van der Waals surface area contributed by atoms with Gasteiger partial charge in [-0.2, -0.15) is 0 Å². The summed E-state index contributed by atoms with van der Waals surface area (Å²) in [7, 11) is 0. The smallest absolute Gasteiger partial charge is 0.230 e. The van der Waals surface area contributed by atoms with Crippen LogP contribution in [0.4, 0.5) is 0 Å². The van der Waals surface area contributed by atoms with Crippen molar-refractivity contribution in [1.29, 1.82) is 0 Å². The molecule has 0 saturated heterocycles. The van der Waals surface area contributed by atoms with Gasteiger partial charge in [0.1, 0.15) is 11.5 Å². The average molecular weight is 483 g/mol. The highest BCUT2D eigenvalue weighted by Gasteiger charge is 2.30. The van der Waals surface area contributed by atoms with Crippen LogP contribution >= 0.6 is 0 Å². The van der Waals surface area contributed by atoms with Gasteiger partial charge in [0.15, 0.2) is 17.4 Å². The lowest BCUT2D eigenvalue weighted by Crippen LogP contribution is -2.23. The number of aryl methyl sites for hydroxylation is 2. The Morgan fingerprint density at radius 3 is 0.853 bits per heavy atom. The molecule has 0 unspecified atom stereocenters. The topological polar surface area (TPSA) is 18.5 Å². The molecule has 2 aromatic carbocycles. The Kier molecular flexibility index (Phi) is 9.25. The quantitative estimate of drug-likeness (QED) is 0.328. The van der Waals surface area contributed by atoms with E-state index in [9.17, 15) is 0 Å². The van der Waals surface area contributed by atoms with Crippen molar-refractivity contribution in [3.63, 3.8) is 0 Å². The van der Waals surface area contributed by atoms with Crippen molar-refractivity contribution in [3.05, 3.63) is 57.6 Å². The molecule has 0 aromatic heterocycles. The van der Waals surface area contributed by atoms with Gasteiger partial charge in [0.25, 0.3) is 0 Å². The number of ether oxygens (including phenoxy) is 2. The summed E-state index contributed by atoms with van der Waals surface area (Å²) in [5, 5.41) is 0. The molecule has 2 rings (SSSR count). The van der Waals surface area contributed by atoms with E-state index in [0.29, 0.717) is 0 Å². The van der Waals surface area contributed by atoms with Crippen molar-refractivity contribution in [1.82, 2.24) is 0 Å². The SMILES string of the molecule is Cc1cc(C(C)(C)C)c(OCOc2c(C(C)(C)C)cc(C)cc2C(C)(C)C)c(C(C)(C)C)c1.[AlH3]. The maximum absolute atomic E-state index is 6.52. The van der Waals surface area contributed by atoms with Crippen LogP contribution in [0.3, 0.4) is 0 Å². The monoisotopic (exact) mass is 482 g/mol. The molecule has 0 N–H and O–H groups in total. The lowest BCUT2D eigenvalue weighted by Gasteiger charge is -2.32.